The molecule has 0 saturated heterocycles. The number of phenols is 2. The molecular weight excluding hydrogens is 372 g/mol. The lowest BCUT2D eigenvalue weighted by Gasteiger charge is -2.23. The molecular formula is C22H18N2O5. The van der Waals surface area contributed by atoms with Gasteiger partial charge in [-0.3, -0.25) is 9.59 Å². The zero-order chi connectivity index (χ0) is 20.9. The summed E-state index contributed by atoms with van der Waals surface area (Å²) in [6, 6.07) is 12.3. The molecule has 146 valence electrons. The molecule has 0 fully saturated rings. The Morgan fingerprint density at radius 3 is 1.97 bits per heavy atom. The number of aliphatic hydroxyl groups is 1. The van der Waals surface area contributed by atoms with Crippen molar-refractivity contribution in [1.82, 2.24) is 0 Å². The van der Waals surface area contributed by atoms with Gasteiger partial charge in [0.15, 0.2) is 5.78 Å². The molecule has 0 aromatic heterocycles. The van der Waals surface area contributed by atoms with Crippen LogP contribution in [0.3, 0.4) is 0 Å². The van der Waals surface area contributed by atoms with Gasteiger partial charge in [-0.1, -0.05) is 12.1 Å². The van der Waals surface area contributed by atoms with Gasteiger partial charge in [0.25, 0.3) is 0 Å². The van der Waals surface area contributed by atoms with Crippen LogP contribution in [0.25, 0.3) is 0 Å². The number of aromatic hydroxyl groups is 2. The first kappa shape index (κ1) is 18.5. The Kier molecular flexibility index (Phi) is 4.24. The summed E-state index contributed by atoms with van der Waals surface area (Å²) >= 11 is 0. The predicted octanol–water partition coefficient (Wildman–Crippen LogP) is 3.25. The lowest BCUT2D eigenvalue weighted by Crippen LogP contribution is -2.24. The van der Waals surface area contributed by atoms with Crippen molar-refractivity contribution in [2.24, 2.45) is 0 Å². The number of nitrogens with two attached hydrogens (primary N) is 1. The second kappa shape index (κ2) is 6.65. The van der Waals surface area contributed by atoms with E-state index in [2.05, 4.69) is 5.32 Å². The normalized spacial score (nSPS) is 13.6. The number of fused-ring (bicyclic) bond motifs is 2. The summed E-state index contributed by atoms with van der Waals surface area (Å²) in [5, 5.41) is 33.1. The van der Waals surface area contributed by atoms with Crippen LogP contribution in [0, 0.1) is 0 Å². The van der Waals surface area contributed by atoms with Crippen LogP contribution in [-0.4, -0.2) is 26.9 Å². The molecule has 0 aliphatic heterocycles. The topological polar surface area (TPSA) is 133 Å². The molecule has 1 aliphatic rings. The number of hydrogen-bond donors (Lipinski definition) is 5. The fourth-order valence-corrected chi connectivity index (χ4v) is 3.49. The molecule has 0 spiro atoms. The smallest absolute Gasteiger partial charge is 0.202 e. The monoisotopic (exact) mass is 390 g/mol. The highest BCUT2D eigenvalue weighted by Crippen LogP contribution is 2.42. The Morgan fingerprint density at radius 1 is 0.793 bits per heavy atom. The lowest BCUT2D eigenvalue weighted by molar-refractivity contribution is 0.0975. The van der Waals surface area contributed by atoms with Gasteiger partial charge < -0.3 is 26.4 Å². The summed E-state index contributed by atoms with van der Waals surface area (Å²) in [7, 11) is 0. The summed E-state index contributed by atoms with van der Waals surface area (Å²) < 4.78 is 0. The molecule has 1 atom stereocenters. The van der Waals surface area contributed by atoms with Gasteiger partial charge in [-0.2, -0.15) is 0 Å². The van der Waals surface area contributed by atoms with E-state index in [1.807, 2.05) is 0 Å². The predicted molar refractivity (Wildman–Crippen MR) is 108 cm³/mol. The third-order valence-electron chi connectivity index (χ3n) is 4.98. The summed E-state index contributed by atoms with van der Waals surface area (Å²) in [5.74, 6) is -1.97. The quantitative estimate of drug-likeness (QED) is 0.268. The zero-order valence-electron chi connectivity index (χ0n) is 15.4. The molecule has 0 bridgehead atoms. The molecule has 6 N–H and O–H groups in total. The minimum absolute atomic E-state index is 0.0144. The maximum Gasteiger partial charge on any atom is 0.202 e. The number of carbonyl (C=O) groups is 2. The Morgan fingerprint density at radius 2 is 1.34 bits per heavy atom. The van der Waals surface area contributed by atoms with Crippen molar-refractivity contribution in [3.8, 4) is 11.5 Å². The highest BCUT2D eigenvalue weighted by molar-refractivity contribution is 6.33. The van der Waals surface area contributed by atoms with Crippen LogP contribution < -0.4 is 11.1 Å². The summed E-state index contributed by atoms with van der Waals surface area (Å²) in [6.45, 7) is 1.65. The van der Waals surface area contributed by atoms with Crippen molar-refractivity contribution in [3.05, 3.63) is 76.3 Å². The Labute approximate surface area is 166 Å². The van der Waals surface area contributed by atoms with Gasteiger partial charge in [0.1, 0.15) is 11.5 Å². The first-order valence-corrected chi connectivity index (χ1v) is 8.91. The molecule has 1 unspecified atom stereocenters. The van der Waals surface area contributed by atoms with E-state index in [1.54, 1.807) is 31.2 Å². The summed E-state index contributed by atoms with van der Waals surface area (Å²) in [6.07, 6.45) is -0.614. The van der Waals surface area contributed by atoms with Crippen LogP contribution in [0.2, 0.25) is 0 Å². The van der Waals surface area contributed by atoms with E-state index >= 15 is 0 Å². The second-order valence-electron chi connectivity index (χ2n) is 6.89. The van der Waals surface area contributed by atoms with Crippen LogP contribution in [0.5, 0.6) is 11.5 Å². The number of carbonyl (C=O) groups excluding carboxylic acids is 2. The minimum Gasteiger partial charge on any atom is -0.507 e. The lowest BCUT2D eigenvalue weighted by atomic mass is 9.81. The van der Waals surface area contributed by atoms with Crippen molar-refractivity contribution in [3.63, 3.8) is 0 Å². The number of rotatable bonds is 3. The van der Waals surface area contributed by atoms with Crippen LogP contribution >= 0.6 is 0 Å². The average Bonchev–Trinajstić information content (AvgIpc) is 2.69. The number of aliphatic hydroxyl groups excluding tert-OH is 1. The van der Waals surface area contributed by atoms with Gasteiger partial charge in [-0.05, 0) is 48.9 Å². The number of phenolic OH excluding ortho intramolecular Hbond substituents is 2. The Hall–Kier alpha value is -3.84. The fraction of sp³-hybridized carbons (Fsp3) is 0.0909. The minimum atomic E-state index is -0.676. The number of ketones is 2. The summed E-state index contributed by atoms with van der Waals surface area (Å²) in [5.41, 5.74) is 7.15. The van der Waals surface area contributed by atoms with Gasteiger partial charge in [0.05, 0.1) is 34.0 Å². The second-order valence-corrected chi connectivity index (χ2v) is 6.89. The SMILES string of the molecule is CC(O)c1ccc(Nc2ccc(O)c3c2C(=O)c2c(N)ccc(O)c2C3=O)cc1. The fourth-order valence-electron chi connectivity index (χ4n) is 3.49. The molecule has 1 aliphatic carbocycles. The molecule has 0 radical (unpaired) electrons. The highest BCUT2D eigenvalue weighted by Gasteiger charge is 2.37. The van der Waals surface area contributed by atoms with Gasteiger partial charge >= 0.3 is 0 Å². The van der Waals surface area contributed by atoms with E-state index < -0.39 is 17.7 Å². The van der Waals surface area contributed by atoms with Crippen LogP contribution in [-0.2, 0) is 0 Å². The van der Waals surface area contributed by atoms with E-state index in [0.717, 1.165) is 5.56 Å². The third kappa shape index (κ3) is 2.88. The summed E-state index contributed by atoms with van der Waals surface area (Å²) in [4.78, 5) is 26.2. The number of nitrogens with one attached hydrogen (secondary N) is 1. The maximum atomic E-state index is 13.2. The van der Waals surface area contributed by atoms with Crippen LogP contribution in [0.1, 0.15) is 50.4 Å². The van der Waals surface area contributed by atoms with Crippen molar-refractivity contribution in [2.45, 2.75) is 13.0 Å². The number of anilines is 3. The van der Waals surface area contributed by atoms with Gasteiger partial charge in [-0.25, -0.2) is 0 Å². The van der Waals surface area contributed by atoms with Gasteiger partial charge in [0.2, 0.25) is 5.78 Å². The van der Waals surface area contributed by atoms with E-state index in [9.17, 15) is 24.9 Å². The van der Waals surface area contributed by atoms with Crippen molar-refractivity contribution >= 4 is 28.6 Å². The van der Waals surface area contributed by atoms with E-state index in [1.165, 1.54) is 24.3 Å². The molecule has 3 aromatic carbocycles. The molecule has 0 amide bonds. The van der Waals surface area contributed by atoms with Crippen molar-refractivity contribution < 1.29 is 24.9 Å². The van der Waals surface area contributed by atoms with Crippen molar-refractivity contribution in [1.29, 1.82) is 0 Å². The van der Waals surface area contributed by atoms with Crippen molar-refractivity contribution in [2.75, 3.05) is 11.1 Å². The first-order valence-electron chi connectivity index (χ1n) is 8.91. The standard InChI is InChI=1S/C22H18N2O5/c1-10(25)11-2-4-12(5-3-11)24-14-7-9-16(27)20-18(14)21(28)17-13(23)6-8-15(26)19(17)22(20)29/h2-10,24-27H,23H2,1H3. The number of benzene rings is 3. The molecule has 0 saturated carbocycles. The van der Waals surface area contributed by atoms with Crippen LogP contribution in [0.15, 0.2) is 48.5 Å². The van der Waals surface area contributed by atoms with E-state index in [0.29, 0.717) is 11.4 Å². The average molecular weight is 390 g/mol. The first-order chi connectivity index (χ1) is 13.8. The Bertz CT molecular complexity index is 1170. The molecule has 29 heavy (non-hydrogen) atoms. The molecule has 4 rings (SSSR count). The van der Waals surface area contributed by atoms with E-state index in [4.69, 9.17) is 5.73 Å². The third-order valence-corrected chi connectivity index (χ3v) is 4.98. The zero-order valence-corrected chi connectivity index (χ0v) is 15.4. The molecule has 3 aromatic rings. The van der Waals surface area contributed by atoms with Gasteiger partial charge in [-0.15, -0.1) is 0 Å². The highest BCUT2D eigenvalue weighted by atomic mass is 16.3. The van der Waals surface area contributed by atoms with E-state index in [-0.39, 0.29) is 39.4 Å². The molecule has 7 heteroatoms. The number of hydrogen-bond acceptors (Lipinski definition) is 7. The van der Waals surface area contributed by atoms with Gasteiger partial charge in [0, 0.05) is 11.4 Å². The van der Waals surface area contributed by atoms with Crippen LogP contribution in [0.4, 0.5) is 17.1 Å². The molecule has 0 heterocycles. The Balaban J connectivity index is 1.85. The number of nitrogen functional groups attached to an aromatic ring is 1. The largest absolute Gasteiger partial charge is 0.507 e. The maximum absolute atomic E-state index is 13.2. The molecule has 7 nitrogen and oxygen atoms in total.